The van der Waals surface area contributed by atoms with Crippen LogP contribution < -0.4 is 15.1 Å². The lowest BCUT2D eigenvalue weighted by atomic mass is 10.1. The highest BCUT2D eigenvalue weighted by Crippen LogP contribution is 2.28. The van der Waals surface area contributed by atoms with Crippen LogP contribution in [-0.4, -0.2) is 67.2 Å². The van der Waals surface area contributed by atoms with Crippen LogP contribution in [0.25, 0.3) is 0 Å². The maximum absolute atomic E-state index is 12.7. The Balaban J connectivity index is 1.87. The van der Waals surface area contributed by atoms with Crippen LogP contribution in [-0.2, 0) is 9.53 Å². The fourth-order valence-corrected chi connectivity index (χ4v) is 3.89. The van der Waals surface area contributed by atoms with E-state index in [1.807, 2.05) is 35.3 Å². The summed E-state index contributed by atoms with van der Waals surface area (Å²) in [4.78, 5) is 31.4. The molecule has 1 aromatic heterocycles. The van der Waals surface area contributed by atoms with E-state index in [0.29, 0.717) is 35.9 Å². The number of hydrogen-bond donors (Lipinski definition) is 1. The van der Waals surface area contributed by atoms with Crippen molar-refractivity contribution in [2.24, 2.45) is 0 Å². The predicted molar refractivity (Wildman–Crippen MR) is 118 cm³/mol. The number of hydrogen-bond acceptors (Lipinski definition) is 9. The summed E-state index contributed by atoms with van der Waals surface area (Å²) in [6.45, 7) is 3.59. The van der Waals surface area contributed by atoms with E-state index < -0.39 is 5.97 Å². The summed E-state index contributed by atoms with van der Waals surface area (Å²) in [5, 5.41) is 1.93. The number of carbonyl (C=O) groups excluding carboxylic acids is 2. The Kier molecular flexibility index (Phi) is 7.17. The SMILES string of the molecule is COC(=O)c1cc(NN2CCN(c3ccccc3)CC2C(=O)SC)c(OC)nc1C. The van der Waals surface area contributed by atoms with Gasteiger partial charge in [0.15, 0.2) is 0 Å². The van der Waals surface area contributed by atoms with Gasteiger partial charge in [-0.25, -0.2) is 14.8 Å². The zero-order valence-corrected chi connectivity index (χ0v) is 18.4. The molecule has 160 valence electrons. The highest BCUT2D eigenvalue weighted by molar-refractivity contribution is 8.13. The molecule has 2 heterocycles. The number of carbonyl (C=O) groups is 2. The largest absolute Gasteiger partial charge is 0.479 e. The lowest BCUT2D eigenvalue weighted by molar-refractivity contribution is -0.115. The third kappa shape index (κ3) is 4.68. The van der Waals surface area contributed by atoms with Gasteiger partial charge in [0, 0.05) is 25.3 Å². The number of methoxy groups -OCH3 is 2. The summed E-state index contributed by atoms with van der Waals surface area (Å²) in [6.07, 6.45) is 1.78. The van der Waals surface area contributed by atoms with Crippen molar-refractivity contribution in [1.82, 2.24) is 9.99 Å². The van der Waals surface area contributed by atoms with Crippen molar-refractivity contribution < 1.29 is 19.1 Å². The standard InChI is InChI=1S/C21H26N4O4S/c1-14-16(20(26)29-3)12-17(19(22-14)28-2)23-25-11-10-24(13-18(25)21(27)30-4)15-8-6-5-7-9-15/h5-9,12,18,23H,10-11,13H2,1-4H3. The van der Waals surface area contributed by atoms with E-state index in [9.17, 15) is 9.59 Å². The quantitative estimate of drug-likeness (QED) is 0.695. The highest BCUT2D eigenvalue weighted by atomic mass is 32.2. The number of aromatic nitrogens is 1. The van der Waals surface area contributed by atoms with Gasteiger partial charge in [-0.2, -0.15) is 0 Å². The number of piperazine rings is 1. The first kappa shape index (κ1) is 21.9. The molecule has 1 fully saturated rings. The minimum atomic E-state index is -0.476. The van der Waals surface area contributed by atoms with Gasteiger partial charge in [-0.05, 0) is 31.4 Å². The summed E-state index contributed by atoms with van der Waals surface area (Å²) in [5.41, 5.74) is 5.71. The number of benzene rings is 1. The van der Waals surface area contributed by atoms with Gasteiger partial charge in [0.2, 0.25) is 11.0 Å². The maximum atomic E-state index is 12.7. The Morgan fingerprint density at radius 3 is 2.57 bits per heavy atom. The van der Waals surface area contributed by atoms with Gasteiger partial charge in [0.25, 0.3) is 0 Å². The second kappa shape index (κ2) is 9.82. The van der Waals surface area contributed by atoms with Crippen molar-refractivity contribution in [3.63, 3.8) is 0 Å². The molecule has 8 nitrogen and oxygen atoms in total. The van der Waals surface area contributed by atoms with E-state index in [0.717, 1.165) is 12.2 Å². The summed E-state index contributed by atoms with van der Waals surface area (Å²) < 4.78 is 10.2. The van der Waals surface area contributed by atoms with Crippen LogP contribution >= 0.6 is 11.8 Å². The third-order valence-electron chi connectivity index (χ3n) is 5.02. The number of anilines is 2. The molecule has 0 radical (unpaired) electrons. The zero-order valence-electron chi connectivity index (χ0n) is 17.5. The molecule has 1 atom stereocenters. The van der Waals surface area contributed by atoms with E-state index in [2.05, 4.69) is 15.3 Å². The number of aryl methyl sites for hydroxylation is 1. The Labute approximate surface area is 180 Å². The number of para-hydroxylation sites is 1. The fraction of sp³-hybridized carbons (Fsp3) is 0.381. The Morgan fingerprint density at radius 1 is 1.20 bits per heavy atom. The van der Waals surface area contributed by atoms with Crippen molar-refractivity contribution in [3.05, 3.63) is 47.7 Å². The Morgan fingerprint density at radius 2 is 1.93 bits per heavy atom. The molecular formula is C21H26N4O4S. The second-order valence-corrected chi connectivity index (χ2v) is 7.61. The molecule has 1 aliphatic rings. The number of thioether (sulfide) groups is 1. The molecule has 0 saturated carbocycles. The number of nitrogens with one attached hydrogen (secondary N) is 1. The molecule has 1 unspecified atom stereocenters. The summed E-state index contributed by atoms with van der Waals surface area (Å²) in [7, 11) is 2.84. The van der Waals surface area contributed by atoms with E-state index in [4.69, 9.17) is 9.47 Å². The maximum Gasteiger partial charge on any atom is 0.339 e. The van der Waals surface area contributed by atoms with Crippen molar-refractivity contribution in [1.29, 1.82) is 0 Å². The topological polar surface area (TPSA) is 84.0 Å². The molecule has 0 bridgehead atoms. The normalized spacial score (nSPS) is 16.8. The van der Waals surface area contributed by atoms with Gasteiger partial charge in [-0.3, -0.25) is 4.79 Å². The molecular weight excluding hydrogens is 404 g/mol. The Hall–Kier alpha value is -2.78. The molecule has 1 aliphatic heterocycles. The third-order valence-corrected chi connectivity index (χ3v) is 5.69. The summed E-state index contributed by atoms with van der Waals surface area (Å²) >= 11 is 1.20. The lowest BCUT2D eigenvalue weighted by Gasteiger charge is -2.41. The first-order valence-corrected chi connectivity index (χ1v) is 10.8. The van der Waals surface area contributed by atoms with Crippen LogP contribution in [0.3, 0.4) is 0 Å². The minimum Gasteiger partial charge on any atom is -0.479 e. The number of nitrogens with zero attached hydrogens (tertiary/aromatic N) is 3. The van der Waals surface area contributed by atoms with Gasteiger partial charge < -0.3 is 19.8 Å². The van der Waals surface area contributed by atoms with Crippen LogP contribution in [0.2, 0.25) is 0 Å². The van der Waals surface area contributed by atoms with E-state index >= 15 is 0 Å². The molecule has 9 heteroatoms. The average Bonchev–Trinajstić information content (AvgIpc) is 2.79. The van der Waals surface area contributed by atoms with Crippen LogP contribution in [0.1, 0.15) is 16.1 Å². The molecule has 3 rings (SSSR count). The Bertz CT molecular complexity index is 909. The molecule has 2 aromatic rings. The zero-order chi connectivity index (χ0) is 21.7. The number of hydrazine groups is 1. The molecule has 0 spiro atoms. The lowest BCUT2D eigenvalue weighted by Crippen LogP contribution is -2.58. The first-order valence-electron chi connectivity index (χ1n) is 9.53. The van der Waals surface area contributed by atoms with Crippen molar-refractivity contribution in [2.75, 3.05) is 50.4 Å². The fourth-order valence-electron chi connectivity index (χ4n) is 3.42. The van der Waals surface area contributed by atoms with Crippen molar-refractivity contribution >= 4 is 34.2 Å². The minimum absolute atomic E-state index is 0.0513. The van der Waals surface area contributed by atoms with Gasteiger partial charge in [0.05, 0.1) is 25.5 Å². The second-order valence-electron chi connectivity index (χ2n) is 6.80. The number of ether oxygens (including phenoxy) is 2. The van der Waals surface area contributed by atoms with Crippen LogP contribution in [0.5, 0.6) is 5.88 Å². The average molecular weight is 431 g/mol. The summed E-state index contributed by atoms with van der Waals surface area (Å²) in [5.74, 6) is -0.127. The molecule has 0 amide bonds. The van der Waals surface area contributed by atoms with Crippen LogP contribution in [0.15, 0.2) is 36.4 Å². The van der Waals surface area contributed by atoms with E-state index in [1.54, 1.807) is 19.2 Å². The molecule has 0 aliphatic carbocycles. The molecule has 1 saturated heterocycles. The molecule has 1 aromatic carbocycles. The van der Waals surface area contributed by atoms with Gasteiger partial charge in [-0.1, -0.05) is 30.0 Å². The van der Waals surface area contributed by atoms with E-state index in [-0.39, 0.29) is 11.2 Å². The van der Waals surface area contributed by atoms with Crippen molar-refractivity contribution in [2.45, 2.75) is 13.0 Å². The van der Waals surface area contributed by atoms with Crippen molar-refractivity contribution in [3.8, 4) is 5.88 Å². The van der Waals surface area contributed by atoms with Gasteiger partial charge >= 0.3 is 5.97 Å². The smallest absolute Gasteiger partial charge is 0.339 e. The first-order chi connectivity index (χ1) is 14.5. The monoisotopic (exact) mass is 430 g/mol. The van der Waals surface area contributed by atoms with Gasteiger partial charge in [-0.15, -0.1) is 0 Å². The molecule has 1 N–H and O–H groups in total. The summed E-state index contributed by atoms with van der Waals surface area (Å²) in [6, 6.07) is 11.3. The predicted octanol–water partition coefficient (Wildman–Crippen LogP) is 2.59. The number of esters is 1. The van der Waals surface area contributed by atoms with Crippen LogP contribution in [0, 0.1) is 6.92 Å². The number of rotatable bonds is 6. The molecule has 30 heavy (non-hydrogen) atoms. The van der Waals surface area contributed by atoms with E-state index in [1.165, 1.54) is 26.0 Å². The number of pyridine rings is 1. The van der Waals surface area contributed by atoms with Gasteiger partial charge in [0.1, 0.15) is 11.7 Å². The highest BCUT2D eigenvalue weighted by Gasteiger charge is 2.33. The van der Waals surface area contributed by atoms with Crippen LogP contribution in [0.4, 0.5) is 11.4 Å².